The largest absolute Gasteiger partial charge is 0.495 e. The third kappa shape index (κ3) is 5.21. The first-order chi connectivity index (χ1) is 15.1. The molecule has 2 heterocycles. The molecule has 0 saturated carbocycles. The summed E-state index contributed by atoms with van der Waals surface area (Å²) in [5.74, 6) is 0.530. The maximum atomic E-state index is 12.8. The van der Waals surface area contributed by atoms with E-state index in [1.807, 2.05) is 35.2 Å². The summed E-state index contributed by atoms with van der Waals surface area (Å²) >= 11 is 0. The van der Waals surface area contributed by atoms with Gasteiger partial charge in [0.1, 0.15) is 11.8 Å². The lowest BCUT2D eigenvalue weighted by molar-refractivity contribution is -0.125. The third-order valence-electron chi connectivity index (χ3n) is 5.50. The van der Waals surface area contributed by atoms with Crippen molar-refractivity contribution in [3.8, 4) is 5.75 Å². The van der Waals surface area contributed by atoms with Gasteiger partial charge < -0.3 is 15.0 Å². The number of para-hydroxylation sites is 2. The number of amides is 2. The highest BCUT2D eigenvalue weighted by Crippen LogP contribution is 2.24. The summed E-state index contributed by atoms with van der Waals surface area (Å²) in [7, 11) is 1.55. The van der Waals surface area contributed by atoms with E-state index in [0.717, 1.165) is 32.7 Å². The molecule has 31 heavy (non-hydrogen) atoms. The van der Waals surface area contributed by atoms with Crippen LogP contribution in [0.5, 0.6) is 5.75 Å². The molecule has 162 valence electrons. The van der Waals surface area contributed by atoms with E-state index in [2.05, 4.69) is 32.7 Å². The van der Waals surface area contributed by atoms with Crippen LogP contribution in [0.2, 0.25) is 0 Å². The Morgan fingerprint density at radius 2 is 1.81 bits per heavy atom. The Kier molecular flexibility index (Phi) is 6.47. The van der Waals surface area contributed by atoms with Crippen molar-refractivity contribution < 1.29 is 14.3 Å². The Morgan fingerprint density at radius 3 is 2.55 bits per heavy atom. The van der Waals surface area contributed by atoms with E-state index in [1.165, 1.54) is 5.56 Å². The maximum Gasteiger partial charge on any atom is 0.249 e. The Hall–Kier alpha value is -3.39. The first-order valence-corrected chi connectivity index (χ1v) is 10.4. The number of piperazine rings is 1. The molecule has 1 atom stereocenters. The summed E-state index contributed by atoms with van der Waals surface area (Å²) in [5.41, 5.74) is 1.85. The standard InChI is InChI=1S/C23H27N5O3/c1-31-20-10-6-5-9-18(20)24-22(30)19-15-21(29)26-23(25-19)28-13-11-27(12-14-28)16-17-7-3-2-4-8-17/h2-10,19H,11-16H2,1H3,(H,24,30)(H,25,26,29)/t19-/m1/s1. The molecule has 0 aliphatic carbocycles. The van der Waals surface area contributed by atoms with Crippen LogP contribution in [0.15, 0.2) is 59.6 Å². The summed E-state index contributed by atoms with van der Waals surface area (Å²) in [4.78, 5) is 34.0. The fraction of sp³-hybridized carbons (Fsp3) is 0.348. The molecule has 8 nitrogen and oxygen atoms in total. The molecule has 0 bridgehead atoms. The number of aliphatic imine (C=N–C) groups is 1. The van der Waals surface area contributed by atoms with Crippen molar-refractivity contribution in [3.63, 3.8) is 0 Å². The number of hydrogen-bond donors (Lipinski definition) is 2. The second kappa shape index (κ2) is 9.61. The Morgan fingerprint density at radius 1 is 1.10 bits per heavy atom. The van der Waals surface area contributed by atoms with Crippen LogP contribution in [0.1, 0.15) is 12.0 Å². The topological polar surface area (TPSA) is 86.3 Å². The van der Waals surface area contributed by atoms with Gasteiger partial charge in [0.15, 0.2) is 0 Å². The molecule has 2 amide bonds. The normalized spacial score (nSPS) is 19.4. The van der Waals surface area contributed by atoms with E-state index < -0.39 is 6.04 Å². The first-order valence-electron chi connectivity index (χ1n) is 10.4. The SMILES string of the molecule is COc1ccccc1NC(=O)[C@H]1CC(=O)NC(N2CCN(Cc3ccccc3)CC2)=N1. The molecule has 0 unspecified atom stereocenters. The monoisotopic (exact) mass is 421 g/mol. The zero-order valence-corrected chi connectivity index (χ0v) is 17.6. The lowest BCUT2D eigenvalue weighted by Crippen LogP contribution is -2.56. The quantitative estimate of drug-likeness (QED) is 0.768. The smallest absolute Gasteiger partial charge is 0.249 e. The molecule has 2 N–H and O–H groups in total. The minimum Gasteiger partial charge on any atom is -0.495 e. The van der Waals surface area contributed by atoms with Gasteiger partial charge in [-0.05, 0) is 17.7 Å². The molecule has 2 aromatic carbocycles. The number of guanidine groups is 1. The Bertz CT molecular complexity index is 955. The van der Waals surface area contributed by atoms with Gasteiger partial charge in [-0.25, -0.2) is 4.99 Å². The zero-order valence-electron chi connectivity index (χ0n) is 17.6. The second-order valence-corrected chi connectivity index (χ2v) is 7.66. The van der Waals surface area contributed by atoms with Crippen molar-refractivity contribution in [3.05, 3.63) is 60.2 Å². The molecule has 4 rings (SSSR count). The van der Waals surface area contributed by atoms with Crippen molar-refractivity contribution in [2.24, 2.45) is 4.99 Å². The number of ether oxygens (including phenoxy) is 1. The van der Waals surface area contributed by atoms with Gasteiger partial charge in [-0.3, -0.25) is 19.8 Å². The molecule has 0 spiro atoms. The van der Waals surface area contributed by atoms with Crippen molar-refractivity contribution >= 4 is 23.5 Å². The average molecular weight is 422 g/mol. The fourth-order valence-electron chi connectivity index (χ4n) is 3.81. The van der Waals surface area contributed by atoms with Gasteiger partial charge in [-0.2, -0.15) is 0 Å². The lowest BCUT2D eigenvalue weighted by Gasteiger charge is -2.37. The summed E-state index contributed by atoms with van der Waals surface area (Å²) in [6.45, 7) is 4.11. The molecular formula is C23H27N5O3. The number of nitrogens with one attached hydrogen (secondary N) is 2. The van der Waals surface area contributed by atoms with Crippen LogP contribution < -0.4 is 15.4 Å². The summed E-state index contributed by atoms with van der Waals surface area (Å²) in [5, 5.41) is 5.67. The molecular weight excluding hydrogens is 394 g/mol. The minimum atomic E-state index is -0.768. The van der Waals surface area contributed by atoms with Gasteiger partial charge >= 0.3 is 0 Å². The number of nitrogens with zero attached hydrogens (tertiary/aromatic N) is 3. The Labute approximate surface area is 181 Å². The van der Waals surface area contributed by atoms with Crippen LogP contribution in [0, 0.1) is 0 Å². The van der Waals surface area contributed by atoms with Crippen molar-refractivity contribution in [1.82, 2.24) is 15.1 Å². The number of anilines is 1. The van der Waals surface area contributed by atoms with Crippen molar-refractivity contribution in [1.29, 1.82) is 0 Å². The van der Waals surface area contributed by atoms with Crippen molar-refractivity contribution in [2.75, 3.05) is 38.6 Å². The van der Waals surface area contributed by atoms with Gasteiger partial charge in [0.2, 0.25) is 17.8 Å². The maximum absolute atomic E-state index is 12.8. The molecule has 1 fully saturated rings. The number of carbonyl (C=O) groups excluding carboxylic acids is 2. The van der Waals surface area contributed by atoms with Gasteiger partial charge in [0.05, 0.1) is 19.2 Å². The average Bonchev–Trinajstić information content (AvgIpc) is 2.80. The molecule has 0 radical (unpaired) electrons. The van der Waals surface area contributed by atoms with Gasteiger partial charge in [-0.15, -0.1) is 0 Å². The van der Waals surface area contributed by atoms with Gasteiger partial charge in [-0.1, -0.05) is 42.5 Å². The van der Waals surface area contributed by atoms with Crippen LogP contribution in [0.3, 0.4) is 0 Å². The number of rotatable bonds is 5. The van der Waals surface area contributed by atoms with E-state index in [1.54, 1.807) is 19.2 Å². The van der Waals surface area contributed by atoms with Crippen LogP contribution >= 0.6 is 0 Å². The van der Waals surface area contributed by atoms with E-state index in [0.29, 0.717) is 17.4 Å². The fourth-order valence-corrected chi connectivity index (χ4v) is 3.81. The molecule has 8 heteroatoms. The highest BCUT2D eigenvalue weighted by atomic mass is 16.5. The van der Waals surface area contributed by atoms with Gasteiger partial charge in [0.25, 0.3) is 0 Å². The molecule has 1 saturated heterocycles. The summed E-state index contributed by atoms with van der Waals surface area (Å²) < 4.78 is 5.28. The lowest BCUT2D eigenvalue weighted by atomic mass is 10.1. The van der Waals surface area contributed by atoms with E-state index >= 15 is 0 Å². The summed E-state index contributed by atoms with van der Waals surface area (Å²) in [6.07, 6.45) is 0.0262. The van der Waals surface area contributed by atoms with Gasteiger partial charge in [0, 0.05) is 32.7 Å². The molecule has 2 aliphatic heterocycles. The van der Waals surface area contributed by atoms with Crippen molar-refractivity contribution in [2.45, 2.75) is 19.0 Å². The predicted molar refractivity (Wildman–Crippen MR) is 119 cm³/mol. The Balaban J connectivity index is 1.38. The molecule has 0 aromatic heterocycles. The van der Waals surface area contributed by atoms with Crippen LogP contribution in [-0.4, -0.2) is 66.9 Å². The zero-order chi connectivity index (χ0) is 21.6. The van der Waals surface area contributed by atoms with E-state index in [4.69, 9.17) is 4.74 Å². The number of methoxy groups -OCH3 is 1. The van der Waals surface area contributed by atoms with Crippen LogP contribution in [-0.2, 0) is 16.1 Å². The first kappa shape index (κ1) is 20.9. The molecule has 2 aromatic rings. The van der Waals surface area contributed by atoms with E-state index in [-0.39, 0.29) is 18.2 Å². The third-order valence-corrected chi connectivity index (χ3v) is 5.50. The minimum absolute atomic E-state index is 0.0262. The second-order valence-electron chi connectivity index (χ2n) is 7.66. The van der Waals surface area contributed by atoms with Crippen LogP contribution in [0.25, 0.3) is 0 Å². The highest BCUT2D eigenvalue weighted by Gasteiger charge is 2.31. The summed E-state index contributed by atoms with van der Waals surface area (Å²) in [6, 6.07) is 16.8. The number of benzene rings is 2. The van der Waals surface area contributed by atoms with E-state index in [9.17, 15) is 9.59 Å². The van der Waals surface area contributed by atoms with Crippen LogP contribution in [0.4, 0.5) is 5.69 Å². The highest BCUT2D eigenvalue weighted by molar-refractivity contribution is 6.06. The number of hydrogen-bond acceptors (Lipinski definition) is 6. The predicted octanol–water partition coefficient (Wildman–Crippen LogP) is 1.70. The number of carbonyl (C=O) groups is 2. The molecule has 2 aliphatic rings.